The summed E-state index contributed by atoms with van der Waals surface area (Å²) < 4.78 is 6.11. The number of ether oxygens (including phenoxy) is 1. The molecule has 0 saturated heterocycles. The number of benzene rings is 1. The molecule has 2 aliphatic rings. The molecule has 0 aromatic heterocycles. The van der Waals surface area contributed by atoms with Gasteiger partial charge in [-0.25, -0.2) is 0 Å². The highest BCUT2D eigenvalue weighted by Gasteiger charge is 2.42. The number of rotatable bonds is 4. The summed E-state index contributed by atoms with van der Waals surface area (Å²) in [7, 11) is 0. The molecule has 0 atom stereocenters. The molecular formula is C16H23NO. The number of hydrogen-bond acceptors (Lipinski definition) is 2. The molecule has 2 fully saturated rings. The molecule has 0 radical (unpaired) electrons. The van der Waals surface area contributed by atoms with Crippen LogP contribution in [0.4, 0.5) is 0 Å². The van der Waals surface area contributed by atoms with Crippen LogP contribution in [0, 0.1) is 19.8 Å². The molecular weight excluding hydrogens is 222 g/mol. The molecule has 0 unspecified atom stereocenters. The molecule has 2 nitrogen and oxygen atoms in total. The Balaban J connectivity index is 1.85. The number of hydrogen-bond donors (Lipinski definition) is 1. The average molecular weight is 245 g/mol. The zero-order valence-corrected chi connectivity index (χ0v) is 11.5. The molecule has 2 saturated carbocycles. The zero-order valence-electron chi connectivity index (χ0n) is 11.5. The quantitative estimate of drug-likeness (QED) is 0.882. The van der Waals surface area contributed by atoms with Crippen LogP contribution in [0.2, 0.25) is 0 Å². The highest BCUT2D eigenvalue weighted by Crippen LogP contribution is 2.48. The van der Waals surface area contributed by atoms with Crippen LogP contribution in [-0.4, -0.2) is 6.61 Å². The lowest BCUT2D eigenvalue weighted by Crippen LogP contribution is -2.23. The number of nitrogens with two attached hydrogens (primary N) is 1. The lowest BCUT2D eigenvalue weighted by Gasteiger charge is -2.27. The number of aryl methyl sites for hydroxylation is 2. The molecule has 0 spiro atoms. The van der Waals surface area contributed by atoms with Crippen molar-refractivity contribution >= 4 is 0 Å². The Morgan fingerprint density at radius 1 is 1.28 bits per heavy atom. The Bertz CT molecular complexity index is 458. The molecule has 0 amide bonds. The van der Waals surface area contributed by atoms with Crippen molar-refractivity contribution in [3.05, 3.63) is 28.8 Å². The minimum absolute atomic E-state index is 0.105. The predicted molar refractivity (Wildman–Crippen MR) is 73.9 cm³/mol. The van der Waals surface area contributed by atoms with E-state index in [1.807, 2.05) is 0 Å². The largest absolute Gasteiger partial charge is 0.493 e. The predicted octanol–water partition coefficient (Wildman–Crippen LogP) is 3.43. The van der Waals surface area contributed by atoms with Gasteiger partial charge in [0.15, 0.2) is 0 Å². The Kier molecular flexibility index (Phi) is 2.86. The van der Waals surface area contributed by atoms with E-state index < -0.39 is 0 Å². The van der Waals surface area contributed by atoms with Gasteiger partial charge in [0.25, 0.3) is 0 Å². The van der Waals surface area contributed by atoms with Crippen LogP contribution in [0.1, 0.15) is 48.8 Å². The van der Waals surface area contributed by atoms with E-state index in [0.29, 0.717) is 0 Å². The van der Waals surface area contributed by atoms with Crippen LogP contribution in [0.3, 0.4) is 0 Å². The second kappa shape index (κ2) is 4.27. The van der Waals surface area contributed by atoms with Gasteiger partial charge in [-0.15, -0.1) is 0 Å². The normalized spacial score (nSPS) is 21.5. The summed E-state index contributed by atoms with van der Waals surface area (Å²) in [5.41, 5.74) is 10.0. The first kappa shape index (κ1) is 12.0. The minimum Gasteiger partial charge on any atom is -0.493 e. The summed E-state index contributed by atoms with van der Waals surface area (Å²) in [6, 6.07) is 4.42. The molecule has 1 aromatic carbocycles. The molecule has 98 valence electrons. The van der Waals surface area contributed by atoms with E-state index in [4.69, 9.17) is 10.5 Å². The van der Waals surface area contributed by atoms with Gasteiger partial charge in [0.2, 0.25) is 0 Å². The summed E-state index contributed by atoms with van der Waals surface area (Å²) in [5, 5.41) is 0. The smallest absolute Gasteiger partial charge is 0.127 e. The van der Waals surface area contributed by atoms with Crippen LogP contribution in [-0.2, 0) is 5.54 Å². The standard InChI is InChI=1S/C16H23NO/c1-11-8-12(2)15(18-10-13-4-3-5-13)14(9-11)16(17)6-7-16/h8-9,13H,3-7,10,17H2,1-2H3. The van der Waals surface area contributed by atoms with Crippen molar-refractivity contribution in [1.29, 1.82) is 0 Å². The highest BCUT2D eigenvalue weighted by atomic mass is 16.5. The summed E-state index contributed by atoms with van der Waals surface area (Å²) in [6.45, 7) is 5.14. The van der Waals surface area contributed by atoms with Crippen molar-refractivity contribution in [3.8, 4) is 5.75 Å². The third-order valence-corrected chi connectivity index (χ3v) is 4.43. The lowest BCUT2D eigenvalue weighted by atomic mass is 9.86. The van der Waals surface area contributed by atoms with Crippen LogP contribution in [0.25, 0.3) is 0 Å². The van der Waals surface area contributed by atoms with Crippen LogP contribution in [0.15, 0.2) is 12.1 Å². The molecule has 0 heterocycles. The minimum atomic E-state index is -0.105. The van der Waals surface area contributed by atoms with Gasteiger partial charge in [-0.2, -0.15) is 0 Å². The van der Waals surface area contributed by atoms with Gasteiger partial charge >= 0.3 is 0 Å². The first-order valence-electron chi connectivity index (χ1n) is 7.12. The molecule has 0 bridgehead atoms. The van der Waals surface area contributed by atoms with Gasteiger partial charge in [-0.05, 0) is 51.0 Å². The molecule has 2 aliphatic carbocycles. The maximum atomic E-state index is 6.38. The summed E-state index contributed by atoms with van der Waals surface area (Å²) in [5.74, 6) is 1.83. The van der Waals surface area contributed by atoms with Crippen molar-refractivity contribution in [2.45, 2.75) is 51.5 Å². The lowest BCUT2D eigenvalue weighted by molar-refractivity contribution is 0.178. The highest BCUT2D eigenvalue weighted by molar-refractivity contribution is 5.49. The van der Waals surface area contributed by atoms with E-state index in [1.54, 1.807) is 0 Å². The third kappa shape index (κ3) is 2.14. The fraction of sp³-hybridized carbons (Fsp3) is 0.625. The summed E-state index contributed by atoms with van der Waals surface area (Å²) in [4.78, 5) is 0. The monoisotopic (exact) mass is 245 g/mol. The molecule has 1 aromatic rings. The average Bonchev–Trinajstić information content (AvgIpc) is 2.98. The Morgan fingerprint density at radius 3 is 2.56 bits per heavy atom. The first-order valence-corrected chi connectivity index (χ1v) is 7.12. The van der Waals surface area contributed by atoms with Crippen LogP contribution < -0.4 is 10.5 Å². The topological polar surface area (TPSA) is 35.2 Å². The molecule has 2 heteroatoms. The zero-order chi connectivity index (χ0) is 12.8. The van der Waals surface area contributed by atoms with Gasteiger partial charge in [-0.1, -0.05) is 24.1 Å². The van der Waals surface area contributed by atoms with Crippen molar-refractivity contribution in [2.75, 3.05) is 6.61 Å². The van der Waals surface area contributed by atoms with E-state index in [9.17, 15) is 0 Å². The van der Waals surface area contributed by atoms with Crippen molar-refractivity contribution in [1.82, 2.24) is 0 Å². The Hall–Kier alpha value is -1.02. The molecule has 2 N–H and O–H groups in total. The van der Waals surface area contributed by atoms with Gasteiger partial charge in [0.05, 0.1) is 6.61 Å². The SMILES string of the molecule is Cc1cc(C)c(OCC2CCC2)c(C2(N)CC2)c1. The summed E-state index contributed by atoms with van der Waals surface area (Å²) in [6.07, 6.45) is 6.21. The molecule has 3 rings (SSSR count). The van der Waals surface area contributed by atoms with E-state index in [-0.39, 0.29) is 5.54 Å². The van der Waals surface area contributed by atoms with Crippen molar-refractivity contribution in [2.24, 2.45) is 11.7 Å². The van der Waals surface area contributed by atoms with Crippen molar-refractivity contribution in [3.63, 3.8) is 0 Å². The third-order valence-electron chi connectivity index (χ3n) is 4.43. The van der Waals surface area contributed by atoms with E-state index in [1.165, 1.54) is 36.0 Å². The first-order chi connectivity index (χ1) is 8.58. The van der Waals surface area contributed by atoms with Gasteiger partial charge in [-0.3, -0.25) is 0 Å². The van der Waals surface area contributed by atoms with Gasteiger partial charge in [0, 0.05) is 11.1 Å². The second-order valence-corrected chi connectivity index (χ2v) is 6.22. The van der Waals surface area contributed by atoms with Crippen LogP contribution in [0.5, 0.6) is 5.75 Å². The van der Waals surface area contributed by atoms with E-state index >= 15 is 0 Å². The van der Waals surface area contributed by atoms with Gasteiger partial charge < -0.3 is 10.5 Å². The Labute approximate surface area is 110 Å². The molecule has 18 heavy (non-hydrogen) atoms. The maximum Gasteiger partial charge on any atom is 0.127 e. The fourth-order valence-electron chi connectivity index (χ4n) is 2.78. The van der Waals surface area contributed by atoms with Crippen molar-refractivity contribution < 1.29 is 4.74 Å². The van der Waals surface area contributed by atoms with Gasteiger partial charge in [0.1, 0.15) is 5.75 Å². The maximum absolute atomic E-state index is 6.38. The molecule has 0 aliphatic heterocycles. The second-order valence-electron chi connectivity index (χ2n) is 6.22. The van der Waals surface area contributed by atoms with E-state index in [0.717, 1.165) is 31.1 Å². The van der Waals surface area contributed by atoms with E-state index in [2.05, 4.69) is 26.0 Å². The fourth-order valence-corrected chi connectivity index (χ4v) is 2.78. The summed E-state index contributed by atoms with van der Waals surface area (Å²) >= 11 is 0. The van der Waals surface area contributed by atoms with Crippen LogP contribution >= 0.6 is 0 Å². The Morgan fingerprint density at radius 2 is 2.00 bits per heavy atom.